The number of hydrogen-bond donors (Lipinski definition) is 2. The van der Waals surface area contributed by atoms with Crippen molar-refractivity contribution in [2.24, 2.45) is 12.9 Å². The molecule has 2 aromatic rings. The van der Waals surface area contributed by atoms with Crippen LogP contribution in [-0.2, 0) is 13.5 Å². The van der Waals surface area contributed by atoms with E-state index in [2.05, 4.69) is 28.5 Å². The van der Waals surface area contributed by atoms with Crippen LogP contribution in [0.1, 0.15) is 28.6 Å². The lowest BCUT2D eigenvalue weighted by atomic mass is 9.99. The SMILES string of the molecule is Cc1nn(C)c(C)c1C(Cc1cccnc1)NN. The summed E-state index contributed by atoms with van der Waals surface area (Å²) in [5.74, 6) is 5.69. The lowest BCUT2D eigenvalue weighted by Crippen LogP contribution is -2.30. The van der Waals surface area contributed by atoms with Crippen molar-refractivity contribution in [1.29, 1.82) is 0 Å². The van der Waals surface area contributed by atoms with Crippen LogP contribution in [0.2, 0.25) is 0 Å². The maximum absolute atomic E-state index is 5.69. The Morgan fingerprint density at radius 3 is 2.72 bits per heavy atom. The smallest absolute Gasteiger partial charge is 0.0644 e. The molecule has 0 aliphatic rings. The number of aryl methyl sites for hydroxylation is 2. The fourth-order valence-electron chi connectivity index (χ4n) is 2.29. The highest BCUT2D eigenvalue weighted by Gasteiger charge is 2.19. The molecule has 0 saturated heterocycles. The summed E-state index contributed by atoms with van der Waals surface area (Å²) >= 11 is 0. The van der Waals surface area contributed by atoms with Gasteiger partial charge in [-0.05, 0) is 31.9 Å². The quantitative estimate of drug-likeness (QED) is 0.627. The largest absolute Gasteiger partial charge is 0.272 e. The van der Waals surface area contributed by atoms with E-state index in [-0.39, 0.29) is 6.04 Å². The van der Waals surface area contributed by atoms with Crippen molar-refractivity contribution in [2.75, 3.05) is 0 Å². The normalized spacial score (nSPS) is 12.7. The Balaban J connectivity index is 2.29. The molecule has 1 atom stereocenters. The Morgan fingerprint density at radius 2 is 2.22 bits per heavy atom. The first kappa shape index (κ1) is 12.7. The first-order valence-electron chi connectivity index (χ1n) is 5.98. The zero-order chi connectivity index (χ0) is 13.1. The number of nitrogens with two attached hydrogens (primary N) is 1. The van der Waals surface area contributed by atoms with Crippen LogP contribution in [0, 0.1) is 13.8 Å². The number of nitrogens with one attached hydrogen (secondary N) is 1. The van der Waals surface area contributed by atoms with E-state index < -0.39 is 0 Å². The molecule has 5 heteroatoms. The van der Waals surface area contributed by atoms with Gasteiger partial charge in [0, 0.05) is 30.7 Å². The van der Waals surface area contributed by atoms with Crippen molar-refractivity contribution >= 4 is 0 Å². The molecule has 5 nitrogen and oxygen atoms in total. The molecule has 0 saturated carbocycles. The molecule has 0 aromatic carbocycles. The highest BCUT2D eigenvalue weighted by molar-refractivity contribution is 5.29. The van der Waals surface area contributed by atoms with Gasteiger partial charge in [0.2, 0.25) is 0 Å². The first-order valence-corrected chi connectivity index (χ1v) is 5.98. The van der Waals surface area contributed by atoms with E-state index >= 15 is 0 Å². The minimum atomic E-state index is 0.0582. The van der Waals surface area contributed by atoms with Crippen molar-refractivity contribution in [3.05, 3.63) is 47.0 Å². The van der Waals surface area contributed by atoms with E-state index in [1.54, 1.807) is 6.20 Å². The highest BCUT2D eigenvalue weighted by Crippen LogP contribution is 2.23. The van der Waals surface area contributed by atoms with Gasteiger partial charge in [-0.1, -0.05) is 6.07 Å². The van der Waals surface area contributed by atoms with Gasteiger partial charge < -0.3 is 0 Å². The summed E-state index contributed by atoms with van der Waals surface area (Å²) in [6, 6.07) is 4.05. The van der Waals surface area contributed by atoms with Crippen LogP contribution in [-0.4, -0.2) is 14.8 Å². The molecule has 0 spiro atoms. The van der Waals surface area contributed by atoms with Gasteiger partial charge in [-0.15, -0.1) is 0 Å². The van der Waals surface area contributed by atoms with Crippen molar-refractivity contribution < 1.29 is 0 Å². The second kappa shape index (κ2) is 5.29. The standard InChI is InChI=1S/C13H19N5/c1-9-13(10(2)18(3)17-9)12(16-14)7-11-5-4-6-15-8-11/h4-6,8,12,16H,7,14H2,1-3H3. The molecular formula is C13H19N5. The van der Waals surface area contributed by atoms with Gasteiger partial charge in [-0.3, -0.25) is 20.9 Å². The number of nitrogens with zero attached hydrogens (tertiary/aromatic N) is 3. The lowest BCUT2D eigenvalue weighted by molar-refractivity contribution is 0.545. The minimum Gasteiger partial charge on any atom is -0.272 e. The van der Waals surface area contributed by atoms with Crippen LogP contribution in [0.15, 0.2) is 24.5 Å². The van der Waals surface area contributed by atoms with E-state index in [0.29, 0.717) is 0 Å². The lowest BCUT2D eigenvalue weighted by Gasteiger charge is -2.16. The maximum atomic E-state index is 5.69. The molecule has 0 fully saturated rings. The van der Waals surface area contributed by atoms with Crippen LogP contribution >= 0.6 is 0 Å². The summed E-state index contributed by atoms with van der Waals surface area (Å²) < 4.78 is 1.89. The van der Waals surface area contributed by atoms with Gasteiger partial charge in [0.15, 0.2) is 0 Å². The van der Waals surface area contributed by atoms with Gasteiger partial charge in [0.1, 0.15) is 0 Å². The third-order valence-electron chi connectivity index (χ3n) is 3.28. The topological polar surface area (TPSA) is 68.8 Å². The zero-order valence-corrected chi connectivity index (χ0v) is 11.0. The van der Waals surface area contributed by atoms with Crippen LogP contribution in [0.3, 0.4) is 0 Å². The Hall–Kier alpha value is -1.72. The molecular weight excluding hydrogens is 226 g/mol. The Bertz CT molecular complexity index is 518. The van der Waals surface area contributed by atoms with Gasteiger partial charge in [0.05, 0.1) is 11.7 Å². The molecule has 0 aliphatic carbocycles. The zero-order valence-electron chi connectivity index (χ0n) is 11.0. The molecule has 0 aliphatic heterocycles. The van der Waals surface area contributed by atoms with Gasteiger partial charge in [0.25, 0.3) is 0 Å². The summed E-state index contributed by atoms with van der Waals surface area (Å²) in [4.78, 5) is 4.13. The third-order valence-corrected chi connectivity index (χ3v) is 3.28. The van der Waals surface area contributed by atoms with Gasteiger partial charge in [-0.2, -0.15) is 5.10 Å². The third kappa shape index (κ3) is 2.42. The molecule has 0 bridgehead atoms. The summed E-state index contributed by atoms with van der Waals surface area (Å²) in [7, 11) is 1.95. The number of hydrazine groups is 1. The second-order valence-electron chi connectivity index (χ2n) is 4.49. The van der Waals surface area contributed by atoms with Crippen molar-refractivity contribution in [3.63, 3.8) is 0 Å². The first-order chi connectivity index (χ1) is 8.63. The molecule has 0 amide bonds. The fraction of sp³-hybridized carbons (Fsp3) is 0.385. The van der Waals surface area contributed by atoms with Crippen molar-refractivity contribution in [2.45, 2.75) is 26.3 Å². The molecule has 1 unspecified atom stereocenters. The molecule has 2 heterocycles. The summed E-state index contributed by atoms with van der Waals surface area (Å²) in [6.45, 7) is 4.07. The molecule has 3 N–H and O–H groups in total. The molecule has 0 radical (unpaired) electrons. The molecule has 2 aromatic heterocycles. The average Bonchev–Trinajstić information content (AvgIpc) is 2.62. The van der Waals surface area contributed by atoms with Crippen LogP contribution < -0.4 is 11.3 Å². The number of hydrogen-bond acceptors (Lipinski definition) is 4. The Labute approximate surface area is 107 Å². The molecule has 2 rings (SSSR count). The Kier molecular flexibility index (Phi) is 3.74. The van der Waals surface area contributed by atoms with E-state index in [1.807, 2.05) is 30.9 Å². The van der Waals surface area contributed by atoms with E-state index in [4.69, 9.17) is 5.84 Å². The van der Waals surface area contributed by atoms with Gasteiger partial charge in [-0.25, -0.2) is 0 Å². The van der Waals surface area contributed by atoms with Crippen LogP contribution in [0.25, 0.3) is 0 Å². The van der Waals surface area contributed by atoms with E-state index in [1.165, 1.54) is 5.56 Å². The highest BCUT2D eigenvalue weighted by atomic mass is 15.3. The predicted octanol–water partition coefficient (Wildman–Crippen LogP) is 1.18. The second-order valence-corrected chi connectivity index (χ2v) is 4.49. The number of aromatic nitrogens is 3. The van der Waals surface area contributed by atoms with Crippen molar-refractivity contribution in [3.8, 4) is 0 Å². The van der Waals surface area contributed by atoms with Gasteiger partial charge >= 0.3 is 0 Å². The maximum Gasteiger partial charge on any atom is 0.0644 e. The fourth-order valence-corrected chi connectivity index (χ4v) is 2.29. The summed E-state index contributed by atoms with van der Waals surface area (Å²) in [5.41, 5.74) is 7.36. The van der Waals surface area contributed by atoms with Crippen LogP contribution in [0.4, 0.5) is 0 Å². The monoisotopic (exact) mass is 245 g/mol. The van der Waals surface area contributed by atoms with E-state index in [0.717, 1.165) is 23.4 Å². The predicted molar refractivity (Wildman–Crippen MR) is 70.7 cm³/mol. The number of rotatable bonds is 4. The molecule has 18 heavy (non-hydrogen) atoms. The van der Waals surface area contributed by atoms with Crippen molar-refractivity contribution in [1.82, 2.24) is 20.2 Å². The summed E-state index contributed by atoms with van der Waals surface area (Å²) in [5, 5.41) is 4.43. The Morgan fingerprint density at radius 1 is 1.44 bits per heavy atom. The van der Waals surface area contributed by atoms with E-state index in [9.17, 15) is 0 Å². The number of pyridine rings is 1. The summed E-state index contributed by atoms with van der Waals surface area (Å²) in [6.07, 6.45) is 4.44. The average molecular weight is 245 g/mol. The van der Waals surface area contributed by atoms with Crippen LogP contribution in [0.5, 0.6) is 0 Å². The minimum absolute atomic E-state index is 0.0582. The molecule has 96 valence electrons.